The van der Waals surface area contributed by atoms with Gasteiger partial charge in [0.1, 0.15) is 0 Å². The summed E-state index contributed by atoms with van der Waals surface area (Å²) in [5, 5.41) is 1.70. The van der Waals surface area contributed by atoms with Gasteiger partial charge in [0.25, 0.3) is 5.91 Å². The van der Waals surface area contributed by atoms with Gasteiger partial charge in [-0.15, -0.1) is 0 Å². The van der Waals surface area contributed by atoms with Crippen molar-refractivity contribution in [1.82, 2.24) is 0 Å². The first-order valence-corrected chi connectivity index (χ1v) is 4.21. The molecule has 13 heavy (non-hydrogen) atoms. The highest BCUT2D eigenvalue weighted by atomic mass is 35.5. The van der Waals surface area contributed by atoms with Gasteiger partial charge in [-0.25, -0.2) is 0 Å². The number of hydrogen-bond donors (Lipinski definition) is 0. The van der Waals surface area contributed by atoms with Crippen LogP contribution < -0.4 is 5.06 Å². The molecule has 0 aromatic heterocycles. The molecule has 2 rings (SSSR count). The molecular weight excluding hydrogens is 190 g/mol. The van der Waals surface area contributed by atoms with Crippen molar-refractivity contribution in [3.63, 3.8) is 0 Å². The third kappa shape index (κ3) is 1.53. The number of hydrogen-bond acceptors (Lipinski definition) is 2. The second-order valence-electron chi connectivity index (χ2n) is 2.58. The van der Waals surface area contributed by atoms with Gasteiger partial charge in [0, 0.05) is 0 Å². The first kappa shape index (κ1) is 8.53. The van der Waals surface area contributed by atoms with Gasteiger partial charge < -0.3 is 0 Å². The van der Waals surface area contributed by atoms with E-state index in [0.717, 1.165) is 0 Å². The zero-order valence-electron chi connectivity index (χ0n) is 6.74. The molecule has 0 spiro atoms. The van der Waals surface area contributed by atoms with Crippen LogP contribution in [0.4, 0.5) is 5.69 Å². The Morgan fingerprint density at radius 1 is 1.38 bits per heavy atom. The molecule has 1 saturated heterocycles. The summed E-state index contributed by atoms with van der Waals surface area (Å²) in [5.41, 5.74) is 0.586. The fourth-order valence-corrected chi connectivity index (χ4v) is 1.35. The summed E-state index contributed by atoms with van der Waals surface area (Å²) in [5.74, 6) is -0.173. The maximum atomic E-state index is 11.2. The Balaban J connectivity index is 2.34. The van der Waals surface area contributed by atoms with Crippen molar-refractivity contribution in [2.75, 3.05) is 11.7 Å². The van der Waals surface area contributed by atoms with Gasteiger partial charge in [0.15, 0.2) is 0 Å². The summed E-state index contributed by atoms with van der Waals surface area (Å²) in [7, 11) is 0. The van der Waals surface area contributed by atoms with E-state index in [-0.39, 0.29) is 5.91 Å². The van der Waals surface area contributed by atoms with E-state index in [1.807, 2.05) is 0 Å². The Morgan fingerprint density at radius 3 is 2.77 bits per heavy atom. The Labute approximate surface area is 80.8 Å². The molecule has 1 radical (unpaired) electrons. The summed E-state index contributed by atoms with van der Waals surface area (Å²) in [6, 6.07) is 7.05. The van der Waals surface area contributed by atoms with Crippen molar-refractivity contribution in [2.45, 2.75) is 0 Å². The molecule has 4 heteroatoms. The van der Waals surface area contributed by atoms with Crippen LogP contribution in [0.2, 0.25) is 5.02 Å². The Kier molecular flexibility index (Phi) is 2.20. The number of amides is 1. The van der Waals surface area contributed by atoms with Crippen LogP contribution in [-0.2, 0) is 9.63 Å². The van der Waals surface area contributed by atoms with E-state index in [4.69, 9.17) is 16.4 Å². The van der Waals surface area contributed by atoms with E-state index in [1.165, 1.54) is 11.5 Å². The SMILES string of the molecule is O=C1[CH]CON1c1ccccc1Cl. The fraction of sp³-hybridized carbons (Fsp3) is 0.111. The summed E-state index contributed by atoms with van der Waals surface area (Å²) in [6.07, 6.45) is 1.46. The second kappa shape index (κ2) is 3.36. The number of nitrogens with zero attached hydrogens (tertiary/aromatic N) is 1. The van der Waals surface area contributed by atoms with Crippen LogP contribution in [-0.4, -0.2) is 12.5 Å². The predicted octanol–water partition coefficient (Wildman–Crippen LogP) is 1.82. The van der Waals surface area contributed by atoms with E-state index in [0.29, 0.717) is 17.3 Å². The molecule has 1 heterocycles. The smallest absolute Gasteiger partial charge is 0.257 e. The molecule has 1 fully saturated rings. The highest BCUT2D eigenvalue weighted by molar-refractivity contribution is 6.33. The maximum absolute atomic E-state index is 11.2. The lowest BCUT2D eigenvalue weighted by molar-refractivity contribution is -0.117. The van der Waals surface area contributed by atoms with Gasteiger partial charge in [0.05, 0.1) is 23.7 Å². The topological polar surface area (TPSA) is 29.5 Å². The zero-order valence-corrected chi connectivity index (χ0v) is 7.49. The van der Waals surface area contributed by atoms with Crippen molar-refractivity contribution < 1.29 is 9.63 Å². The fourth-order valence-electron chi connectivity index (χ4n) is 1.13. The normalized spacial score (nSPS) is 16.7. The van der Waals surface area contributed by atoms with Crippen molar-refractivity contribution in [3.8, 4) is 0 Å². The van der Waals surface area contributed by atoms with Gasteiger partial charge in [-0.05, 0) is 12.1 Å². The first-order valence-electron chi connectivity index (χ1n) is 3.84. The lowest BCUT2D eigenvalue weighted by Gasteiger charge is -2.14. The number of rotatable bonds is 1. The van der Waals surface area contributed by atoms with Crippen LogP contribution in [0.5, 0.6) is 0 Å². The van der Waals surface area contributed by atoms with E-state index < -0.39 is 0 Å². The third-order valence-electron chi connectivity index (χ3n) is 1.73. The van der Waals surface area contributed by atoms with Crippen LogP contribution in [0.25, 0.3) is 0 Å². The van der Waals surface area contributed by atoms with Crippen LogP contribution in [0.1, 0.15) is 0 Å². The average Bonchev–Trinajstić information content (AvgIpc) is 2.52. The highest BCUT2D eigenvalue weighted by Gasteiger charge is 2.25. The van der Waals surface area contributed by atoms with Crippen molar-refractivity contribution in [3.05, 3.63) is 35.7 Å². The van der Waals surface area contributed by atoms with E-state index in [9.17, 15) is 4.79 Å². The molecule has 1 aliphatic heterocycles. The number of anilines is 1. The van der Waals surface area contributed by atoms with E-state index in [2.05, 4.69) is 0 Å². The molecule has 3 nitrogen and oxygen atoms in total. The monoisotopic (exact) mass is 196 g/mol. The minimum Gasteiger partial charge on any atom is -0.272 e. The summed E-state index contributed by atoms with van der Waals surface area (Å²) < 4.78 is 0. The standard InChI is InChI=1S/C9H7ClNO2/c10-7-3-1-2-4-8(7)11-9(12)5-6-13-11/h1-5H,6H2. The lowest BCUT2D eigenvalue weighted by Crippen LogP contribution is -2.22. The molecule has 0 atom stereocenters. The molecule has 0 aliphatic carbocycles. The maximum Gasteiger partial charge on any atom is 0.257 e. The molecular formula is C9H7ClNO2. The van der Waals surface area contributed by atoms with Gasteiger partial charge in [-0.2, -0.15) is 5.06 Å². The number of carbonyl (C=O) groups excluding carboxylic acids is 1. The molecule has 1 aliphatic rings. The van der Waals surface area contributed by atoms with Gasteiger partial charge in [-0.1, -0.05) is 23.7 Å². The largest absolute Gasteiger partial charge is 0.272 e. The Hall–Kier alpha value is -1.06. The van der Waals surface area contributed by atoms with Crippen LogP contribution in [0, 0.1) is 6.42 Å². The van der Waals surface area contributed by atoms with Crippen LogP contribution >= 0.6 is 11.6 Å². The summed E-state index contributed by atoms with van der Waals surface area (Å²) in [4.78, 5) is 16.3. The number of hydroxylamine groups is 1. The van der Waals surface area contributed by atoms with Gasteiger partial charge in [-0.3, -0.25) is 9.63 Å². The first-order chi connectivity index (χ1) is 6.29. The molecule has 1 amide bonds. The van der Waals surface area contributed by atoms with E-state index in [1.54, 1.807) is 24.3 Å². The minimum atomic E-state index is -0.173. The summed E-state index contributed by atoms with van der Waals surface area (Å²) >= 11 is 5.88. The minimum absolute atomic E-state index is 0.173. The van der Waals surface area contributed by atoms with Gasteiger partial charge >= 0.3 is 0 Å². The molecule has 0 saturated carbocycles. The average molecular weight is 197 g/mol. The molecule has 0 unspecified atom stereocenters. The van der Waals surface area contributed by atoms with Crippen LogP contribution in [0.15, 0.2) is 24.3 Å². The van der Waals surface area contributed by atoms with Crippen molar-refractivity contribution >= 4 is 23.2 Å². The number of para-hydroxylation sites is 1. The number of benzene rings is 1. The molecule has 0 bridgehead atoms. The third-order valence-corrected chi connectivity index (χ3v) is 2.05. The Morgan fingerprint density at radius 2 is 2.15 bits per heavy atom. The highest BCUT2D eigenvalue weighted by Crippen LogP contribution is 2.27. The number of halogens is 1. The molecule has 67 valence electrons. The van der Waals surface area contributed by atoms with Crippen LogP contribution in [0.3, 0.4) is 0 Å². The summed E-state index contributed by atoms with van der Waals surface area (Å²) in [6.45, 7) is 0.310. The molecule has 1 aromatic carbocycles. The number of carbonyl (C=O) groups is 1. The predicted molar refractivity (Wildman–Crippen MR) is 49.2 cm³/mol. The zero-order chi connectivity index (χ0) is 9.26. The van der Waals surface area contributed by atoms with Crippen molar-refractivity contribution in [2.24, 2.45) is 0 Å². The van der Waals surface area contributed by atoms with Gasteiger partial charge in [0.2, 0.25) is 0 Å². The second-order valence-corrected chi connectivity index (χ2v) is 2.99. The lowest BCUT2D eigenvalue weighted by atomic mass is 10.3. The molecule has 1 aromatic rings. The molecule has 0 N–H and O–H groups in total. The quantitative estimate of drug-likeness (QED) is 0.686. The Bertz CT molecular complexity index is 340. The van der Waals surface area contributed by atoms with Crippen molar-refractivity contribution in [1.29, 1.82) is 0 Å². The van der Waals surface area contributed by atoms with E-state index >= 15 is 0 Å².